The molecule has 1 saturated carbocycles. The SMILES string of the molecule is COc1ccccc1-c1cc([C@H]2CC[C@H](NS(=O)(=O)C(C)(C)C)CC2)[nH]n1. The van der Waals surface area contributed by atoms with Gasteiger partial charge >= 0.3 is 0 Å². The minimum absolute atomic E-state index is 0.0158. The zero-order valence-electron chi connectivity index (χ0n) is 16.5. The molecule has 1 aromatic heterocycles. The standard InChI is InChI=1S/C20H29N3O3S/c1-20(2,3)27(24,25)23-15-11-9-14(10-12-15)17-13-18(22-21-17)16-7-5-6-8-19(16)26-4/h5-8,13-15,23H,9-12H2,1-4H3,(H,21,22)/t14-,15-. The molecule has 27 heavy (non-hydrogen) atoms. The smallest absolute Gasteiger partial charge is 0.216 e. The van der Waals surface area contributed by atoms with Gasteiger partial charge in [-0.2, -0.15) is 5.10 Å². The fourth-order valence-electron chi connectivity index (χ4n) is 3.46. The molecule has 1 aromatic carbocycles. The maximum absolute atomic E-state index is 12.4. The Morgan fingerprint density at radius 3 is 2.44 bits per heavy atom. The van der Waals surface area contributed by atoms with Crippen LogP contribution < -0.4 is 9.46 Å². The minimum Gasteiger partial charge on any atom is -0.496 e. The monoisotopic (exact) mass is 391 g/mol. The van der Waals surface area contributed by atoms with Gasteiger partial charge in [0.2, 0.25) is 10.0 Å². The van der Waals surface area contributed by atoms with Crippen LogP contribution in [0.2, 0.25) is 0 Å². The van der Waals surface area contributed by atoms with Crippen molar-refractivity contribution in [3.05, 3.63) is 36.0 Å². The number of H-pyrrole nitrogens is 1. The summed E-state index contributed by atoms with van der Waals surface area (Å²) in [6.07, 6.45) is 3.54. The molecule has 148 valence electrons. The van der Waals surface area contributed by atoms with Gasteiger partial charge < -0.3 is 4.74 Å². The number of aromatic nitrogens is 2. The van der Waals surface area contributed by atoms with Gasteiger partial charge in [-0.1, -0.05) is 12.1 Å². The molecule has 7 heteroatoms. The summed E-state index contributed by atoms with van der Waals surface area (Å²) >= 11 is 0. The molecule has 0 radical (unpaired) electrons. The highest BCUT2D eigenvalue weighted by Gasteiger charge is 2.33. The number of nitrogens with one attached hydrogen (secondary N) is 2. The van der Waals surface area contributed by atoms with E-state index in [1.807, 2.05) is 24.3 Å². The highest BCUT2D eigenvalue weighted by atomic mass is 32.2. The van der Waals surface area contributed by atoms with Gasteiger partial charge in [0.1, 0.15) is 5.75 Å². The Balaban J connectivity index is 1.65. The Morgan fingerprint density at radius 1 is 1.15 bits per heavy atom. The number of nitrogens with zero attached hydrogens (tertiary/aromatic N) is 1. The normalized spacial score (nSPS) is 21.2. The van der Waals surface area contributed by atoms with Crippen LogP contribution in [0.5, 0.6) is 5.75 Å². The third-order valence-corrected chi connectivity index (χ3v) is 7.53. The average molecular weight is 392 g/mol. The maximum Gasteiger partial charge on any atom is 0.216 e. The topological polar surface area (TPSA) is 84.1 Å². The number of aromatic amines is 1. The minimum atomic E-state index is -3.30. The summed E-state index contributed by atoms with van der Waals surface area (Å²) in [6.45, 7) is 5.18. The van der Waals surface area contributed by atoms with Crippen LogP contribution in [0.1, 0.15) is 58.1 Å². The predicted octanol–water partition coefficient (Wildman–Crippen LogP) is 3.83. The number of hydrogen-bond donors (Lipinski definition) is 2. The summed E-state index contributed by atoms with van der Waals surface area (Å²) in [7, 11) is -1.64. The molecule has 1 aliphatic rings. The Morgan fingerprint density at radius 2 is 1.81 bits per heavy atom. The first-order valence-corrected chi connectivity index (χ1v) is 10.9. The van der Waals surface area contributed by atoms with E-state index in [9.17, 15) is 8.42 Å². The number of ether oxygens (including phenoxy) is 1. The van der Waals surface area contributed by atoms with E-state index in [4.69, 9.17) is 4.74 Å². The van der Waals surface area contributed by atoms with Gasteiger partial charge in [-0.3, -0.25) is 5.10 Å². The summed E-state index contributed by atoms with van der Waals surface area (Å²) in [5.74, 6) is 1.17. The highest BCUT2D eigenvalue weighted by molar-refractivity contribution is 7.90. The van der Waals surface area contributed by atoms with E-state index in [-0.39, 0.29) is 6.04 Å². The van der Waals surface area contributed by atoms with Crippen LogP contribution in [-0.4, -0.2) is 36.5 Å². The van der Waals surface area contributed by atoms with Gasteiger partial charge in [0, 0.05) is 23.2 Å². The number of hydrogen-bond acceptors (Lipinski definition) is 4. The van der Waals surface area contributed by atoms with Gasteiger partial charge in [0.05, 0.1) is 17.6 Å². The molecule has 3 rings (SSSR count). The van der Waals surface area contributed by atoms with E-state index in [0.29, 0.717) is 5.92 Å². The summed E-state index contributed by atoms with van der Waals surface area (Å²) in [5, 5.41) is 7.63. The quantitative estimate of drug-likeness (QED) is 0.811. The summed E-state index contributed by atoms with van der Waals surface area (Å²) in [6, 6.07) is 9.94. The first kappa shape index (κ1) is 19.9. The first-order chi connectivity index (χ1) is 12.7. The molecule has 0 aliphatic heterocycles. The van der Waals surface area contributed by atoms with Crippen molar-refractivity contribution in [3.8, 4) is 17.0 Å². The van der Waals surface area contributed by atoms with E-state index in [2.05, 4.69) is 21.0 Å². The van der Waals surface area contributed by atoms with Crippen molar-refractivity contribution in [2.45, 2.75) is 63.2 Å². The van der Waals surface area contributed by atoms with E-state index in [0.717, 1.165) is 48.4 Å². The Hall–Kier alpha value is -1.86. The van der Waals surface area contributed by atoms with E-state index in [1.54, 1.807) is 27.9 Å². The van der Waals surface area contributed by atoms with Crippen molar-refractivity contribution in [3.63, 3.8) is 0 Å². The number of sulfonamides is 1. The molecule has 1 fully saturated rings. The molecule has 0 unspecified atom stereocenters. The van der Waals surface area contributed by atoms with Crippen LogP contribution in [0.25, 0.3) is 11.3 Å². The number of para-hydroxylation sites is 1. The molecule has 0 atom stereocenters. The zero-order chi connectivity index (χ0) is 19.7. The van der Waals surface area contributed by atoms with Crippen LogP contribution in [0.3, 0.4) is 0 Å². The molecule has 0 saturated heterocycles. The highest BCUT2D eigenvalue weighted by Crippen LogP contribution is 2.35. The summed E-state index contributed by atoms with van der Waals surface area (Å²) in [4.78, 5) is 0. The molecule has 1 aliphatic carbocycles. The number of methoxy groups -OCH3 is 1. The van der Waals surface area contributed by atoms with E-state index in [1.165, 1.54) is 0 Å². The molecule has 2 N–H and O–H groups in total. The van der Waals surface area contributed by atoms with Crippen LogP contribution in [0.15, 0.2) is 30.3 Å². The lowest BCUT2D eigenvalue weighted by Crippen LogP contribution is -2.45. The van der Waals surface area contributed by atoms with Crippen molar-refractivity contribution in [2.24, 2.45) is 0 Å². The molecule has 0 spiro atoms. The lowest BCUT2D eigenvalue weighted by atomic mass is 9.84. The van der Waals surface area contributed by atoms with Gasteiger partial charge in [-0.05, 0) is 64.7 Å². The molecule has 2 aromatic rings. The fourth-order valence-corrected chi connectivity index (χ4v) is 4.49. The van der Waals surface area contributed by atoms with Gasteiger partial charge in [-0.15, -0.1) is 0 Å². The van der Waals surface area contributed by atoms with Crippen LogP contribution in [0, 0.1) is 0 Å². The van der Waals surface area contributed by atoms with Crippen LogP contribution in [0.4, 0.5) is 0 Å². The molecular formula is C20H29N3O3S. The first-order valence-electron chi connectivity index (χ1n) is 9.42. The van der Waals surface area contributed by atoms with Crippen molar-refractivity contribution in [1.29, 1.82) is 0 Å². The Labute approximate surface area is 161 Å². The van der Waals surface area contributed by atoms with Crippen molar-refractivity contribution in [1.82, 2.24) is 14.9 Å². The van der Waals surface area contributed by atoms with Crippen LogP contribution >= 0.6 is 0 Å². The second-order valence-electron chi connectivity index (χ2n) is 8.19. The van der Waals surface area contributed by atoms with Crippen molar-refractivity contribution >= 4 is 10.0 Å². The maximum atomic E-state index is 12.4. The van der Waals surface area contributed by atoms with Gasteiger partial charge in [0.25, 0.3) is 0 Å². The predicted molar refractivity (Wildman–Crippen MR) is 107 cm³/mol. The van der Waals surface area contributed by atoms with Crippen molar-refractivity contribution < 1.29 is 13.2 Å². The second-order valence-corrected chi connectivity index (χ2v) is 10.7. The van der Waals surface area contributed by atoms with E-state index < -0.39 is 14.8 Å². The summed E-state index contributed by atoms with van der Waals surface area (Å²) < 4.78 is 32.2. The molecule has 6 nitrogen and oxygen atoms in total. The second kappa shape index (κ2) is 7.64. The molecular weight excluding hydrogens is 362 g/mol. The molecule has 1 heterocycles. The zero-order valence-corrected chi connectivity index (χ0v) is 17.3. The van der Waals surface area contributed by atoms with Crippen molar-refractivity contribution in [2.75, 3.05) is 7.11 Å². The molecule has 0 bridgehead atoms. The average Bonchev–Trinajstić information content (AvgIpc) is 3.11. The lowest BCUT2D eigenvalue weighted by Gasteiger charge is -2.30. The van der Waals surface area contributed by atoms with Gasteiger partial charge in [0.15, 0.2) is 0 Å². The third kappa shape index (κ3) is 4.35. The number of rotatable bonds is 5. The largest absolute Gasteiger partial charge is 0.496 e. The Bertz CT molecular complexity index is 876. The molecule has 0 amide bonds. The third-order valence-electron chi connectivity index (χ3n) is 5.28. The number of benzene rings is 1. The summed E-state index contributed by atoms with van der Waals surface area (Å²) in [5.41, 5.74) is 2.94. The Kier molecular flexibility index (Phi) is 5.63. The fraction of sp³-hybridized carbons (Fsp3) is 0.550. The van der Waals surface area contributed by atoms with E-state index >= 15 is 0 Å². The van der Waals surface area contributed by atoms with Crippen LogP contribution in [-0.2, 0) is 10.0 Å². The lowest BCUT2D eigenvalue weighted by molar-refractivity contribution is 0.367. The van der Waals surface area contributed by atoms with Gasteiger partial charge in [-0.25, -0.2) is 13.1 Å².